The van der Waals surface area contributed by atoms with E-state index in [1.54, 1.807) is 13.1 Å². The van der Waals surface area contributed by atoms with Gasteiger partial charge in [0.1, 0.15) is 0 Å². The molecule has 2 aromatic rings. The van der Waals surface area contributed by atoms with E-state index in [2.05, 4.69) is 5.32 Å². The second kappa shape index (κ2) is 7.13. The van der Waals surface area contributed by atoms with Crippen LogP contribution in [0.5, 0.6) is 0 Å². The first-order valence-corrected chi connectivity index (χ1v) is 7.65. The first kappa shape index (κ1) is 18.1. The minimum Gasteiger partial charge on any atom is -0.326 e. The number of alkyl halides is 3. The third-order valence-corrected chi connectivity index (χ3v) is 3.89. The van der Waals surface area contributed by atoms with Crippen LogP contribution in [0.1, 0.15) is 18.1 Å². The first-order chi connectivity index (χ1) is 11.2. The molecule has 0 fully saturated rings. The van der Waals surface area contributed by atoms with Crippen molar-refractivity contribution >= 4 is 28.9 Å². The van der Waals surface area contributed by atoms with Crippen LogP contribution in [-0.4, -0.2) is 13.0 Å². The standard InChI is InChI=1S/C17H17ClF3N3/c1-3-11-7-8-14(18)15(9-11)24(2)16(22)23-13-6-4-5-12(10-13)17(19,20)21/h4-10H,3H2,1-2H3,(H2,22,23). The molecule has 0 atom stereocenters. The summed E-state index contributed by atoms with van der Waals surface area (Å²) in [7, 11) is 1.63. The average Bonchev–Trinajstić information content (AvgIpc) is 2.54. The zero-order chi connectivity index (χ0) is 17.9. The van der Waals surface area contributed by atoms with Crippen molar-refractivity contribution in [3.63, 3.8) is 0 Å². The van der Waals surface area contributed by atoms with Crippen LogP contribution >= 0.6 is 11.6 Å². The van der Waals surface area contributed by atoms with Gasteiger partial charge in [0.25, 0.3) is 0 Å². The molecule has 0 spiro atoms. The highest BCUT2D eigenvalue weighted by molar-refractivity contribution is 6.34. The van der Waals surface area contributed by atoms with Gasteiger partial charge in [-0.3, -0.25) is 5.41 Å². The van der Waals surface area contributed by atoms with Gasteiger partial charge in [0, 0.05) is 12.7 Å². The van der Waals surface area contributed by atoms with Gasteiger partial charge in [-0.1, -0.05) is 30.7 Å². The average molecular weight is 356 g/mol. The summed E-state index contributed by atoms with van der Waals surface area (Å²) in [5.74, 6) is -0.0792. The monoisotopic (exact) mass is 355 g/mol. The van der Waals surface area contributed by atoms with Crippen LogP contribution in [0.4, 0.5) is 24.5 Å². The van der Waals surface area contributed by atoms with E-state index in [0.29, 0.717) is 10.7 Å². The van der Waals surface area contributed by atoms with E-state index in [1.807, 2.05) is 19.1 Å². The summed E-state index contributed by atoms with van der Waals surface area (Å²) >= 11 is 6.17. The summed E-state index contributed by atoms with van der Waals surface area (Å²) in [6.07, 6.45) is -3.61. The first-order valence-electron chi connectivity index (χ1n) is 7.27. The molecule has 0 unspecified atom stereocenters. The van der Waals surface area contributed by atoms with E-state index in [-0.39, 0.29) is 11.6 Å². The Morgan fingerprint density at radius 2 is 1.92 bits per heavy atom. The molecule has 24 heavy (non-hydrogen) atoms. The molecule has 0 bridgehead atoms. The summed E-state index contributed by atoms with van der Waals surface area (Å²) in [5.41, 5.74) is 1.08. The van der Waals surface area contributed by atoms with Gasteiger partial charge in [-0.05, 0) is 42.3 Å². The number of halogens is 4. The lowest BCUT2D eigenvalue weighted by molar-refractivity contribution is -0.137. The SMILES string of the molecule is CCc1ccc(Cl)c(N(C)C(=N)Nc2cccc(C(F)(F)F)c2)c1. The normalized spacial score (nSPS) is 11.2. The van der Waals surface area contributed by atoms with Crippen LogP contribution in [-0.2, 0) is 12.6 Å². The third kappa shape index (κ3) is 4.20. The van der Waals surface area contributed by atoms with Crippen molar-refractivity contribution in [1.82, 2.24) is 0 Å². The number of rotatable bonds is 3. The van der Waals surface area contributed by atoms with Crippen molar-refractivity contribution in [3.05, 3.63) is 58.6 Å². The molecule has 7 heteroatoms. The van der Waals surface area contributed by atoms with Gasteiger partial charge < -0.3 is 10.2 Å². The van der Waals surface area contributed by atoms with Gasteiger partial charge in [0.15, 0.2) is 5.96 Å². The van der Waals surface area contributed by atoms with Crippen molar-refractivity contribution in [3.8, 4) is 0 Å². The van der Waals surface area contributed by atoms with Crippen molar-refractivity contribution < 1.29 is 13.2 Å². The summed E-state index contributed by atoms with van der Waals surface area (Å²) in [6, 6.07) is 10.2. The number of anilines is 2. The zero-order valence-electron chi connectivity index (χ0n) is 13.2. The van der Waals surface area contributed by atoms with Crippen molar-refractivity contribution in [2.75, 3.05) is 17.3 Å². The van der Waals surface area contributed by atoms with Crippen molar-refractivity contribution in [2.45, 2.75) is 19.5 Å². The molecule has 3 nitrogen and oxygen atoms in total. The van der Waals surface area contributed by atoms with E-state index in [1.165, 1.54) is 17.0 Å². The molecule has 128 valence electrons. The van der Waals surface area contributed by atoms with Crippen LogP contribution in [0.15, 0.2) is 42.5 Å². The molecule has 0 aliphatic rings. The van der Waals surface area contributed by atoms with Crippen molar-refractivity contribution in [2.24, 2.45) is 0 Å². The maximum atomic E-state index is 12.8. The topological polar surface area (TPSA) is 39.1 Å². The highest BCUT2D eigenvalue weighted by atomic mass is 35.5. The Balaban J connectivity index is 2.21. The Bertz CT molecular complexity index is 744. The van der Waals surface area contributed by atoms with Gasteiger partial charge in [-0.25, -0.2) is 0 Å². The van der Waals surface area contributed by atoms with Gasteiger partial charge in [0.05, 0.1) is 16.3 Å². The molecule has 0 saturated carbocycles. The quantitative estimate of drug-likeness (QED) is 0.571. The second-order valence-electron chi connectivity index (χ2n) is 5.25. The van der Waals surface area contributed by atoms with Gasteiger partial charge in [-0.15, -0.1) is 0 Å². The van der Waals surface area contributed by atoms with Crippen LogP contribution in [0.2, 0.25) is 5.02 Å². The predicted molar refractivity (Wildman–Crippen MR) is 92.0 cm³/mol. The number of hydrogen-bond donors (Lipinski definition) is 2. The fraction of sp³-hybridized carbons (Fsp3) is 0.235. The van der Waals surface area contributed by atoms with E-state index >= 15 is 0 Å². The van der Waals surface area contributed by atoms with E-state index in [9.17, 15) is 13.2 Å². The molecule has 2 rings (SSSR count). The van der Waals surface area contributed by atoms with E-state index in [0.717, 1.165) is 24.1 Å². The number of guanidine groups is 1. The number of nitrogens with zero attached hydrogens (tertiary/aromatic N) is 1. The predicted octanol–water partition coefficient (Wildman–Crippen LogP) is 5.40. The minimum absolute atomic E-state index is 0.0792. The van der Waals surface area contributed by atoms with Gasteiger partial charge in [-0.2, -0.15) is 13.2 Å². The minimum atomic E-state index is -4.43. The summed E-state index contributed by atoms with van der Waals surface area (Å²) in [4.78, 5) is 1.49. The van der Waals surface area contributed by atoms with Crippen LogP contribution < -0.4 is 10.2 Å². The maximum absolute atomic E-state index is 12.8. The smallest absolute Gasteiger partial charge is 0.326 e. The summed E-state index contributed by atoms with van der Waals surface area (Å²) in [6.45, 7) is 2.00. The van der Waals surface area contributed by atoms with E-state index in [4.69, 9.17) is 17.0 Å². The molecule has 0 radical (unpaired) electrons. The molecule has 0 aliphatic heterocycles. The largest absolute Gasteiger partial charge is 0.416 e. The highest BCUT2D eigenvalue weighted by Crippen LogP contribution is 2.31. The molecule has 0 saturated heterocycles. The molecule has 0 aliphatic carbocycles. The third-order valence-electron chi connectivity index (χ3n) is 3.57. The molecule has 2 N–H and O–H groups in total. The lowest BCUT2D eigenvalue weighted by Crippen LogP contribution is -2.32. The Morgan fingerprint density at radius 1 is 1.21 bits per heavy atom. The number of aryl methyl sites for hydroxylation is 1. The number of nitrogens with one attached hydrogen (secondary N) is 2. The Kier molecular flexibility index (Phi) is 5.39. The Morgan fingerprint density at radius 3 is 2.54 bits per heavy atom. The molecule has 0 heterocycles. The zero-order valence-corrected chi connectivity index (χ0v) is 14.0. The molecular weight excluding hydrogens is 339 g/mol. The molecule has 2 aromatic carbocycles. The summed E-state index contributed by atoms with van der Waals surface area (Å²) in [5, 5.41) is 11.2. The van der Waals surface area contributed by atoms with Crippen molar-refractivity contribution in [1.29, 1.82) is 5.41 Å². The second-order valence-corrected chi connectivity index (χ2v) is 5.66. The number of benzene rings is 2. The molecule has 0 amide bonds. The summed E-state index contributed by atoms with van der Waals surface area (Å²) < 4.78 is 38.3. The van der Waals surface area contributed by atoms with E-state index < -0.39 is 11.7 Å². The fourth-order valence-electron chi connectivity index (χ4n) is 2.15. The van der Waals surface area contributed by atoms with Gasteiger partial charge >= 0.3 is 6.18 Å². The van der Waals surface area contributed by atoms with Crippen LogP contribution in [0.25, 0.3) is 0 Å². The van der Waals surface area contributed by atoms with Crippen LogP contribution in [0, 0.1) is 5.41 Å². The highest BCUT2D eigenvalue weighted by Gasteiger charge is 2.30. The maximum Gasteiger partial charge on any atom is 0.416 e. The lowest BCUT2D eigenvalue weighted by Gasteiger charge is -2.23. The van der Waals surface area contributed by atoms with Crippen LogP contribution in [0.3, 0.4) is 0 Å². The lowest BCUT2D eigenvalue weighted by atomic mass is 10.1. The van der Waals surface area contributed by atoms with Gasteiger partial charge in [0.2, 0.25) is 0 Å². The Labute approximate surface area is 143 Å². The fourth-order valence-corrected chi connectivity index (χ4v) is 2.39. The molecule has 0 aromatic heterocycles. The Hall–Kier alpha value is -2.21. The molecular formula is C17H17ClF3N3. The number of hydrogen-bond acceptors (Lipinski definition) is 1.